The Balaban J connectivity index is 0.957. The summed E-state index contributed by atoms with van der Waals surface area (Å²) in [6.07, 6.45) is 11.1. The first-order valence-electron chi connectivity index (χ1n) is 21.9. The van der Waals surface area contributed by atoms with E-state index in [4.69, 9.17) is 29.2 Å². The lowest BCUT2D eigenvalue weighted by molar-refractivity contribution is 0.299. The molecule has 0 saturated heterocycles. The summed E-state index contributed by atoms with van der Waals surface area (Å²) in [5, 5.41) is 0. The van der Waals surface area contributed by atoms with Crippen molar-refractivity contribution < 1.29 is 14.2 Å². The topological polar surface area (TPSA) is 108 Å². The standard InChI is InChI=1S/C56H49N7O3/c1-39-16-22-47(57-28-39)50-25-19-42(31-60-50)36-64-54-13-7-4-10-45(54)34-63(53-12-6-9-15-56(53)66-38-44-21-27-52(62-33-44)49-24-18-41(3)30-59-49)35-46-11-5-8-14-55(46)65-37-43-20-26-51(61-32-43)48-23-17-40(2)29-58-48/h4-33H,34-38H2,1-3H3. The van der Waals surface area contributed by atoms with E-state index in [2.05, 4.69) is 38.1 Å². The van der Waals surface area contributed by atoms with Gasteiger partial charge < -0.3 is 19.1 Å². The summed E-state index contributed by atoms with van der Waals surface area (Å²) in [6, 6.07) is 48.7. The average Bonchev–Trinajstić information content (AvgIpc) is 3.36. The average molecular weight is 868 g/mol. The van der Waals surface area contributed by atoms with Gasteiger partial charge in [0.05, 0.1) is 39.9 Å². The molecule has 0 N–H and O–H groups in total. The van der Waals surface area contributed by atoms with E-state index in [1.54, 1.807) is 0 Å². The van der Waals surface area contributed by atoms with E-state index in [9.17, 15) is 0 Å². The predicted molar refractivity (Wildman–Crippen MR) is 259 cm³/mol. The van der Waals surface area contributed by atoms with Crippen molar-refractivity contribution in [3.05, 3.63) is 227 Å². The number of aryl methyl sites for hydroxylation is 3. The summed E-state index contributed by atoms with van der Waals surface area (Å²) >= 11 is 0. The molecule has 3 aromatic carbocycles. The number of hydrogen-bond donors (Lipinski definition) is 0. The highest BCUT2D eigenvalue weighted by atomic mass is 16.5. The van der Waals surface area contributed by atoms with Crippen LogP contribution < -0.4 is 19.1 Å². The number of rotatable bonds is 17. The van der Waals surface area contributed by atoms with Crippen LogP contribution in [0.25, 0.3) is 34.2 Å². The summed E-state index contributed by atoms with van der Waals surface area (Å²) in [5.74, 6) is 2.29. The Bertz CT molecular complexity index is 2840. The molecular formula is C56H49N7O3. The van der Waals surface area contributed by atoms with Crippen molar-refractivity contribution in [3.8, 4) is 51.4 Å². The lowest BCUT2D eigenvalue weighted by Crippen LogP contribution is -2.23. The van der Waals surface area contributed by atoms with Gasteiger partial charge in [-0.05, 0) is 98.1 Å². The zero-order valence-electron chi connectivity index (χ0n) is 37.2. The number of para-hydroxylation sites is 4. The Labute approximate surface area is 385 Å². The second-order valence-electron chi connectivity index (χ2n) is 16.2. The molecule has 0 fully saturated rings. The molecule has 0 aliphatic heterocycles. The summed E-state index contributed by atoms with van der Waals surface area (Å²) in [4.78, 5) is 30.0. The van der Waals surface area contributed by atoms with Gasteiger partial charge >= 0.3 is 0 Å². The zero-order chi connectivity index (χ0) is 45.1. The maximum absolute atomic E-state index is 6.62. The third-order valence-corrected chi connectivity index (χ3v) is 11.1. The van der Waals surface area contributed by atoms with Gasteiger partial charge in [0, 0.05) is 78.1 Å². The zero-order valence-corrected chi connectivity index (χ0v) is 37.2. The minimum atomic E-state index is 0.332. The van der Waals surface area contributed by atoms with Gasteiger partial charge in [-0.1, -0.05) is 84.9 Å². The molecule has 66 heavy (non-hydrogen) atoms. The van der Waals surface area contributed by atoms with Gasteiger partial charge in [-0.2, -0.15) is 0 Å². The lowest BCUT2D eigenvalue weighted by Gasteiger charge is -2.29. The molecule has 0 bridgehead atoms. The minimum Gasteiger partial charge on any atom is -0.488 e. The molecule has 6 aromatic heterocycles. The normalized spacial score (nSPS) is 11.0. The molecule has 0 spiro atoms. The van der Waals surface area contributed by atoms with E-state index in [1.165, 1.54) is 0 Å². The highest BCUT2D eigenvalue weighted by molar-refractivity contribution is 5.61. The predicted octanol–water partition coefficient (Wildman–Crippen LogP) is 11.9. The largest absolute Gasteiger partial charge is 0.488 e. The van der Waals surface area contributed by atoms with Crippen LogP contribution in [0.15, 0.2) is 183 Å². The number of aromatic nitrogens is 6. The minimum absolute atomic E-state index is 0.332. The molecule has 0 aliphatic rings. The van der Waals surface area contributed by atoms with Gasteiger partial charge in [0.15, 0.2) is 0 Å². The summed E-state index contributed by atoms with van der Waals surface area (Å²) in [7, 11) is 0. The van der Waals surface area contributed by atoms with Crippen molar-refractivity contribution in [2.24, 2.45) is 0 Å². The fourth-order valence-electron chi connectivity index (χ4n) is 7.35. The molecule has 9 rings (SSSR count). The molecule has 0 amide bonds. The van der Waals surface area contributed by atoms with E-state index < -0.39 is 0 Å². The Kier molecular flexibility index (Phi) is 13.4. The first kappa shape index (κ1) is 43.0. The number of hydrogen-bond acceptors (Lipinski definition) is 10. The number of pyridine rings is 6. The molecule has 0 aliphatic carbocycles. The van der Waals surface area contributed by atoms with Crippen LogP contribution in [-0.2, 0) is 32.9 Å². The fourth-order valence-corrected chi connectivity index (χ4v) is 7.35. The Morgan fingerprint density at radius 3 is 1.00 bits per heavy atom. The molecule has 10 nitrogen and oxygen atoms in total. The molecular weight excluding hydrogens is 819 g/mol. The SMILES string of the molecule is Cc1ccc(-c2ccc(COc3ccccc3CN(Cc3ccccc3OCc3ccc(-c4ccc(C)cn4)nc3)c3ccccc3OCc3ccc(-c4ccc(C)cn4)nc3)cn2)nc1. The molecule has 0 unspecified atom stereocenters. The number of nitrogens with zero attached hydrogens (tertiary/aromatic N) is 7. The second-order valence-corrected chi connectivity index (χ2v) is 16.2. The molecule has 0 atom stereocenters. The molecule has 9 aromatic rings. The lowest BCUT2D eigenvalue weighted by atomic mass is 10.1. The third kappa shape index (κ3) is 10.9. The fraction of sp³-hybridized carbons (Fsp3) is 0.143. The second kappa shape index (κ2) is 20.5. The van der Waals surface area contributed by atoms with Crippen LogP contribution in [0, 0.1) is 20.8 Å². The van der Waals surface area contributed by atoms with Crippen LogP contribution in [0.4, 0.5) is 5.69 Å². The number of ether oxygens (including phenoxy) is 3. The molecule has 326 valence electrons. The molecule has 10 heteroatoms. The molecule has 0 radical (unpaired) electrons. The van der Waals surface area contributed by atoms with E-state index in [0.717, 1.165) is 102 Å². The van der Waals surface area contributed by atoms with E-state index in [-0.39, 0.29) is 0 Å². The highest BCUT2D eigenvalue weighted by Crippen LogP contribution is 2.35. The van der Waals surface area contributed by atoms with Crippen molar-refractivity contribution in [2.75, 3.05) is 4.90 Å². The van der Waals surface area contributed by atoms with Gasteiger partial charge in [0.2, 0.25) is 0 Å². The van der Waals surface area contributed by atoms with Crippen molar-refractivity contribution >= 4 is 5.69 Å². The van der Waals surface area contributed by atoms with Gasteiger partial charge in [0.25, 0.3) is 0 Å². The van der Waals surface area contributed by atoms with Crippen LogP contribution in [0.1, 0.15) is 44.5 Å². The molecule has 0 saturated carbocycles. The Hall–Kier alpha value is -8.24. The summed E-state index contributed by atoms with van der Waals surface area (Å²) in [6.45, 7) is 8.14. The summed E-state index contributed by atoms with van der Waals surface area (Å²) < 4.78 is 19.7. The number of benzene rings is 3. The highest BCUT2D eigenvalue weighted by Gasteiger charge is 2.19. The maximum Gasteiger partial charge on any atom is 0.143 e. The quantitative estimate of drug-likeness (QED) is 0.0877. The first-order chi connectivity index (χ1) is 32.4. The van der Waals surface area contributed by atoms with Crippen LogP contribution >= 0.6 is 0 Å². The van der Waals surface area contributed by atoms with Crippen molar-refractivity contribution in [2.45, 2.75) is 53.7 Å². The van der Waals surface area contributed by atoms with E-state index in [1.807, 2.05) is 185 Å². The van der Waals surface area contributed by atoms with Crippen LogP contribution in [0.2, 0.25) is 0 Å². The Morgan fingerprint density at radius 2 is 0.652 bits per heavy atom. The Morgan fingerprint density at radius 1 is 0.333 bits per heavy atom. The van der Waals surface area contributed by atoms with Crippen molar-refractivity contribution in [1.82, 2.24) is 29.9 Å². The van der Waals surface area contributed by atoms with Gasteiger partial charge in [-0.15, -0.1) is 0 Å². The van der Waals surface area contributed by atoms with E-state index in [0.29, 0.717) is 32.9 Å². The number of anilines is 1. The van der Waals surface area contributed by atoms with Gasteiger partial charge in [-0.25, -0.2) is 0 Å². The van der Waals surface area contributed by atoms with Crippen LogP contribution in [0.3, 0.4) is 0 Å². The third-order valence-electron chi connectivity index (χ3n) is 11.1. The molecule has 6 heterocycles. The van der Waals surface area contributed by atoms with Gasteiger partial charge in [-0.3, -0.25) is 29.9 Å². The van der Waals surface area contributed by atoms with Crippen molar-refractivity contribution in [3.63, 3.8) is 0 Å². The summed E-state index contributed by atoms with van der Waals surface area (Å²) in [5.41, 5.74) is 14.1. The monoisotopic (exact) mass is 867 g/mol. The van der Waals surface area contributed by atoms with Crippen LogP contribution in [0.5, 0.6) is 17.2 Å². The van der Waals surface area contributed by atoms with E-state index >= 15 is 0 Å². The first-order valence-corrected chi connectivity index (χ1v) is 21.9. The maximum atomic E-state index is 6.62. The van der Waals surface area contributed by atoms with Crippen molar-refractivity contribution in [1.29, 1.82) is 0 Å². The van der Waals surface area contributed by atoms with Gasteiger partial charge in [0.1, 0.15) is 37.1 Å². The van der Waals surface area contributed by atoms with Crippen LogP contribution in [-0.4, -0.2) is 29.9 Å². The smallest absolute Gasteiger partial charge is 0.143 e.